The van der Waals surface area contributed by atoms with Gasteiger partial charge in [-0.3, -0.25) is 4.79 Å². The molecule has 0 aromatic rings. The summed E-state index contributed by atoms with van der Waals surface area (Å²) in [5.74, 6) is 1.31. The molecule has 1 aliphatic rings. The van der Waals surface area contributed by atoms with E-state index in [1.54, 1.807) is 6.08 Å². The Morgan fingerprint density at radius 2 is 2.19 bits per heavy atom. The lowest BCUT2D eigenvalue weighted by Gasteiger charge is -2.43. The SMILES string of the molecule is C/C=C/C(=O)CC1C(C)=CCC(C)C1(C)C. The predicted molar refractivity (Wildman–Crippen MR) is 69.2 cm³/mol. The Kier molecular flexibility index (Phi) is 4.12. The monoisotopic (exact) mass is 220 g/mol. The maximum Gasteiger partial charge on any atom is 0.155 e. The van der Waals surface area contributed by atoms with Gasteiger partial charge in [0.15, 0.2) is 5.78 Å². The number of allylic oxidation sites excluding steroid dienone is 4. The largest absolute Gasteiger partial charge is 0.295 e. The van der Waals surface area contributed by atoms with Crippen LogP contribution in [0.2, 0.25) is 0 Å². The van der Waals surface area contributed by atoms with Gasteiger partial charge in [0, 0.05) is 6.42 Å². The van der Waals surface area contributed by atoms with E-state index in [1.165, 1.54) is 5.57 Å². The van der Waals surface area contributed by atoms with E-state index in [4.69, 9.17) is 0 Å². The van der Waals surface area contributed by atoms with Crippen molar-refractivity contribution in [2.45, 2.75) is 47.5 Å². The van der Waals surface area contributed by atoms with Gasteiger partial charge in [0.05, 0.1) is 0 Å². The summed E-state index contributed by atoms with van der Waals surface area (Å²) in [5.41, 5.74) is 1.62. The van der Waals surface area contributed by atoms with Gasteiger partial charge in [-0.2, -0.15) is 0 Å². The molecule has 0 radical (unpaired) electrons. The zero-order valence-corrected chi connectivity index (χ0v) is 11.2. The van der Waals surface area contributed by atoms with Crippen LogP contribution >= 0.6 is 0 Å². The Hall–Kier alpha value is -0.850. The van der Waals surface area contributed by atoms with Crippen molar-refractivity contribution in [3.8, 4) is 0 Å². The lowest BCUT2D eigenvalue weighted by Crippen LogP contribution is -2.35. The fraction of sp³-hybridized carbons (Fsp3) is 0.667. The molecule has 0 bridgehead atoms. The summed E-state index contributed by atoms with van der Waals surface area (Å²) < 4.78 is 0. The van der Waals surface area contributed by atoms with Crippen LogP contribution in [-0.4, -0.2) is 5.78 Å². The Morgan fingerprint density at radius 1 is 1.56 bits per heavy atom. The van der Waals surface area contributed by atoms with Crippen LogP contribution in [0.4, 0.5) is 0 Å². The average molecular weight is 220 g/mol. The molecule has 2 unspecified atom stereocenters. The van der Waals surface area contributed by atoms with Gasteiger partial charge >= 0.3 is 0 Å². The zero-order chi connectivity index (χ0) is 12.3. The molecule has 0 aromatic heterocycles. The molecule has 0 fully saturated rings. The van der Waals surface area contributed by atoms with E-state index >= 15 is 0 Å². The van der Waals surface area contributed by atoms with Gasteiger partial charge < -0.3 is 0 Å². The molecule has 1 aliphatic carbocycles. The van der Waals surface area contributed by atoms with E-state index in [9.17, 15) is 4.79 Å². The molecule has 16 heavy (non-hydrogen) atoms. The highest BCUT2D eigenvalue weighted by atomic mass is 16.1. The fourth-order valence-corrected chi connectivity index (χ4v) is 2.62. The molecule has 0 saturated carbocycles. The van der Waals surface area contributed by atoms with Crippen molar-refractivity contribution in [3.05, 3.63) is 23.8 Å². The van der Waals surface area contributed by atoms with Crippen molar-refractivity contribution in [2.24, 2.45) is 17.3 Å². The van der Waals surface area contributed by atoms with Crippen LogP contribution in [-0.2, 0) is 4.79 Å². The van der Waals surface area contributed by atoms with Crippen molar-refractivity contribution >= 4 is 5.78 Å². The topological polar surface area (TPSA) is 17.1 Å². The van der Waals surface area contributed by atoms with Gasteiger partial charge in [-0.25, -0.2) is 0 Å². The fourth-order valence-electron chi connectivity index (χ4n) is 2.62. The maximum absolute atomic E-state index is 11.7. The van der Waals surface area contributed by atoms with E-state index in [-0.39, 0.29) is 11.2 Å². The van der Waals surface area contributed by atoms with Gasteiger partial charge in [0.25, 0.3) is 0 Å². The number of carbonyl (C=O) groups excluding carboxylic acids is 1. The van der Waals surface area contributed by atoms with Crippen molar-refractivity contribution in [1.82, 2.24) is 0 Å². The molecule has 0 saturated heterocycles. The summed E-state index contributed by atoms with van der Waals surface area (Å²) in [7, 11) is 0. The summed E-state index contributed by atoms with van der Waals surface area (Å²) in [4.78, 5) is 11.7. The molecule has 1 nitrogen and oxygen atoms in total. The van der Waals surface area contributed by atoms with Gasteiger partial charge in [0.1, 0.15) is 0 Å². The first-order valence-electron chi connectivity index (χ1n) is 6.21. The maximum atomic E-state index is 11.7. The van der Waals surface area contributed by atoms with Gasteiger partial charge in [0.2, 0.25) is 0 Å². The molecule has 1 heteroatoms. The average Bonchev–Trinajstić information content (AvgIpc) is 2.20. The van der Waals surface area contributed by atoms with Crippen LogP contribution in [0.15, 0.2) is 23.8 Å². The highest BCUT2D eigenvalue weighted by Gasteiger charge is 2.38. The molecule has 2 atom stereocenters. The Labute approximate surface area is 99.6 Å². The van der Waals surface area contributed by atoms with E-state index in [0.717, 1.165) is 6.42 Å². The van der Waals surface area contributed by atoms with Crippen LogP contribution in [0, 0.1) is 17.3 Å². The number of carbonyl (C=O) groups is 1. The second kappa shape index (κ2) is 4.99. The number of rotatable bonds is 3. The van der Waals surface area contributed by atoms with Gasteiger partial charge in [-0.1, -0.05) is 38.5 Å². The second-order valence-electron chi connectivity index (χ2n) is 5.63. The van der Waals surface area contributed by atoms with Crippen LogP contribution < -0.4 is 0 Å². The molecular formula is C15H24O. The molecule has 0 spiro atoms. The quantitative estimate of drug-likeness (QED) is 0.516. The summed E-state index contributed by atoms with van der Waals surface area (Å²) in [5, 5.41) is 0. The van der Waals surface area contributed by atoms with Crippen molar-refractivity contribution in [2.75, 3.05) is 0 Å². The lowest BCUT2D eigenvalue weighted by molar-refractivity contribution is -0.116. The first kappa shape index (κ1) is 13.2. The van der Waals surface area contributed by atoms with E-state index in [0.29, 0.717) is 18.3 Å². The first-order chi connectivity index (χ1) is 7.39. The molecule has 1 rings (SSSR count). The zero-order valence-electron chi connectivity index (χ0n) is 11.2. The van der Waals surface area contributed by atoms with Crippen molar-refractivity contribution < 1.29 is 4.79 Å². The third-order valence-electron chi connectivity index (χ3n) is 4.27. The van der Waals surface area contributed by atoms with Gasteiger partial charge in [-0.15, -0.1) is 0 Å². The van der Waals surface area contributed by atoms with Crippen LogP contribution in [0.3, 0.4) is 0 Å². The Morgan fingerprint density at radius 3 is 2.75 bits per heavy atom. The normalized spacial score (nSPS) is 29.2. The third-order valence-corrected chi connectivity index (χ3v) is 4.27. The minimum absolute atomic E-state index is 0.232. The highest BCUT2D eigenvalue weighted by molar-refractivity contribution is 5.90. The van der Waals surface area contributed by atoms with E-state index in [1.807, 2.05) is 13.0 Å². The van der Waals surface area contributed by atoms with Crippen LogP contribution in [0.25, 0.3) is 0 Å². The van der Waals surface area contributed by atoms with E-state index < -0.39 is 0 Å². The summed E-state index contributed by atoms with van der Waals surface area (Å²) in [6.07, 6.45) is 7.64. The van der Waals surface area contributed by atoms with Crippen LogP contribution in [0.5, 0.6) is 0 Å². The molecule has 0 heterocycles. The number of ketones is 1. The standard InChI is InChI=1S/C15H24O/c1-6-7-13(16)10-14-11(2)8-9-12(3)15(14,4)5/h6-8,12,14H,9-10H2,1-5H3/b7-6+. The van der Waals surface area contributed by atoms with E-state index in [2.05, 4.69) is 33.8 Å². The highest BCUT2D eigenvalue weighted by Crippen LogP contribution is 2.46. The molecule has 0 aliphatic heterocycles. The molecule has 0 N–H and O–H groups in total. The van der Waals surface area contributed by atoms with Crippen LogP contribution in [0.1, 0.15) is 47.5 Å². The second-order valence-corrected chi connectivity index (χ2v) is 5.63. The first-order valence-corrected chi connectivity index (χ1v) is 6.21. The summed E-state index contributed by atoms with van der Waals surface area (Å²) >= 11 is 0. The minimum Gasteiger partial charge on any atom is -0.295 e. The minimum atomic E-state index is 0.232. The number of hydrogen-bond donors (Lipinski definition) is 0. The Balaban J connectivity index is 2.87. The lowest BCUT2D eigenvalue weighted by atomic mass is 9.62. The van der Waals surface area contributed by atoms with Gasteiger partial charge in [-0.05, 0) is 43.6 Å². The molecule has 0 amide bonds. The molecular weight excluding hydrogens is 196 g/mol. The predicted octanol–water partition coefficient (Wildman–Crippen LogP) is 4.15. The van der Waals surface area contributed by atoms with Crippen molar-refractivity contribution in [1.29, 1.82) is 0 Å². The molecule has 90 valence electrons. The third kappa shape index (κ3) is 2.63. The summed E-state index contributed by atoms with van der Waals surface area (Å²) in [6, 6.07) is 0. The van der Waals surface area contributed by atoms with Crippen molar-refractivity contribution in [3.63, 3.8) is 0 Å². The number of hydrogen-bond acceptors (Lipinski definition) is 1. The molecule has 0 aromatic carbocycles. The smallest absolute Gasteiger partial charge is 0.155 e. The Bertz CT molecular complexity index is 320. The summed E-state index contributed by atoms with van der Waals surface area (Å²) in [6.45, 7) is 10.9.